The Kier molecular flexibility index (Phi) is 5.54. The van der Waals surface area contributed by atoms with Gasteiger partial charge in [-0.2, -0.15) is 0 Å². The molecule has 2 aromatic rings. The van der Waals surface area contributed by atoms with E-state index in [-0.39, 0.29) is 11.5 Å². The van der Waals surface area contributed by atoms with Crippen LogP contribution in [-0.4, -0.2) is 47.2 Å². The van der Waals surface area contributed by atoms with Crippen molar-refractivity contribution in [3.63, 3.8) is 0 Å². The molecule has 1 amide bonds. The molecule has 0 N–H and O–H groups in total. The van der Waals surface area contributed by atoms with Gasteiger partial charge in [0.1, 0.15) is 4.83 Å². The van der Waals surface area contributed by atoms with Gasteiger partial charge in [-0.1, -0.05) is 19.3 Å². The Hall–Kier alpha value is -1.73. The van der Waals surface area contributed by atoms with E-state index in [1.807, 2.05) is 18.9 Å². The van der Waals surface area contributed by atoms with Gasteiger partial charge >= 0.3 is 0 Å². The molecule has 6 nitrogen and oxygen atoms in total. The first kappa shape index (κ1) is 18.1. The summed E-state index contributed by atoms with van der Waals surface area (Å²) in [6.07, 6.45) is 7.28. The third-order valence-corrected chi connectivity index (χ3v) is 6.28. The summed E-state index contributed by atoms with van der Waals surface area (Å²) in [7, 11) is 3.48. The first-order valence-corrected chi connectivity index (χ1v) is 9.61. The van der Waals surface area contributed by atoms with Crippen LogP contribution < -0.4 is 5.56 Å². The molecule has 0 atom stereocenters. The molecule has 1 saturated carbocycles. The fourth-order valence-electron chi connectivity index (χ4n) is 3.51. The van der Waals surface area contributed by atoms with E-state index in [2.05, 4.69) is 4.98 Å². The number of ether oxygens (including phenoxy) is 1. The van der Waals surface area contributed by atoms with Crippen molar-refractivity contribution >= 4 is 27.5 Å². The number of hydrogen-bond acceptors (Lipinski definition) is 5. The topological polar surface area (TPSA) is 64.4 Å². The number of aromatic nitrogens is 2. The molecule has 2 aromatic heterocycles. The van der Waals surface area contributed by atoms with Gasteiger partial charge in [0.2, 0.25) is 0 Å². The Bertz CT molecular complexity index is 821. The van der Waals surface area contributed by atoms with Crippen molar-refractivity contribution < 1.29 is 9.53 Å². The zero-order chi connectivity index (χ0) is 18.0. The van der Waals surface area contributed by atoms with Gasteiger partial charge in [0.25, 0.3) is 11.5 Å². The molecule has 0 unspecified atom stereocenters. The zero-order valence-corrected chi connectivity index (χ0v) is 15.9. The average molecular weight is 363 g/mol. The Balaban J connectivity index is 1.94. The monoisotopic (exact) mass is 363 g/mol. The normalized spacial score (nSPS) is 15.6. The van der Waals surface area contributed by atoms with Crippen molar-refractivity contribution in [1.82, 2.24) is 14.5 Å². The van der Waals surface area contributed by atoms with E-state index in [1.165, 1.54) is 30.6 Å². The molecule has 1 aliphatic carbocycles. The third kappa shape index (κ3) is 3.48. The lowest BCUT2D eigenvalue weighted by Crippen LogP contribution is -2.38. The predicted octanol–water partition coefficient (Wildman–Crippen LogP) is 2.82. The molecule has 0 spiro atoms. The molecule has 0 aliphatic heterocycles. The molecule has 1 fully saturated rings. The second kappa shape index (κ2) is 7.66. The number of hydrogen-bond donors (Lipinski definition) is 0. The highest BCUT2D eigenvalue weighted by Gasteiger charge is 2.27. The quantitative estimate of drug-likeness (QED) is 0.819. The predicted molar refractivity (Wildman–Crippen MR) is 99.5 cm³/mol. The van der Waals surface area contributed by atoms with Crippen molar-refractivity contribution in [2.24, 2.45) is 0 Å². The second-order valence-corrected chi connectivity index (χ2v) is 7.68. The van der Waals surface area contributed by atoms with E-state index < -0.39 is 0 Å². The Morgan fingerprint density at radius 1 is 1.40 bits per heavy atom. The molecular formula is C18H25N3O3S. The highest BCUT2D eigenvalue weighted by Crippen LogP contribution is 2.30. The summed E-state index contributed by atoms with van der Waals surface area (Å²) in [6.45, 7) is 2.76. The second-order valence-electron chi connectivity index (χ2n) is 6.68. The van der Waals surface area contributed by atoms with Gasteiger partial charge in [-0.3, -0.25) is 14.2 Å². The lowest BCUT2D eigenvalue weighted by atomic mass is 9.94. The highest BCUT2D eigenvalue weighted by atomic mass is 32.1. The van der Waals surface area contributed by atoms with E-state index in [0.717, 1.165) is 18.4 Å². The molecule has 136 valence electrons. The van der Waals surface area contributed by atoms with E-state index in [4.69, 9.17) is 4.74 Å². The molecular weight excluding hydrogens is 338 g/mol. The van der Waals surface area contributed by atoms with Crippen LogP contribution in [0.1, 0.15) is 47.3 Å². The standard InChI is InChI=1S/C18H25N3O3S/c1-12-14-16(19-11-21(17(14)22)9-10-24-3)25-15(12)18(23)20(2)13-7-5-4-6-8-13/h11,13H,4-10H2,1-3H3. The molecule has 0 radical (unpaired) electrons. The van der Waals surface area contributed by atoms with Crippen LogP contribution in [0.25, 0.3) is 10.2 Å². The Morgan fingerprint density at radius 3 is 2.80 bits per heavy atom. The molecule has 1 aliphatic rings. The smallest absolute Gasteiger partial charge is 0.264 e. The minimum atomic E-state index is -0.102. The SMILES string of the molecule is COCCn1cnc2sc(C(=O)N(C)C3CCCCC3)c(C)c2c1=O. The summed E-state index contributed by atoms with van der Waals surface area (Å²) in [5.41, 5.74) is 0.645. The molecule has 0 saturated heterocycles. The van der Waals surface area contributed by atoms with E-state index in [0.29, 0.717) is 34.3 Å². The maximum absolute atomic E-state index is 13.0. The van der Waals surface area contributed by atoms with Crippen LogP contribution in [0.3, 0.4) is 0 Å². The van der Waals surface area contributed by atoms with Crippen LogP contribution in [0.5, 0.6) is 0 Å². The lowest BCUT2D eigenvalue weighted by Gasteiger charge is -2.31. The van der Waals surface area contributed by atoms with Gasteiger partial charge < -0.3 is 9.64 Å². The van der Waals surface area contributed by atoms with E-state index in [9.17, 15) is 9.59 Å². The minimum absolute atomic E-state index is 0.00948. The van der Waals surface area contributed by atoms with Gasteiger partial charge in [-0.05, 0) is 25.3 Å². The van der Waals surface area contributed by atoms with Crippen molar-refractivity contribution in [2.45, 2.75) is 51.6 Å². The maximum atomic E-state index is 13.0. The van der Waals surface area contributed by atoms with Crippen LogP contribution >= 0.6 is 11.3 Å². The Morgan fingerprint density at radius 2 is 2.12 bits per heavy atom. The molecule has 3 rings (SSSR count). The zero-order valence-electron chi connectivity index (χ0n) is 15.1. The number of nitrogens with zero attached hydrogens (tertiary/aromatic N) is 3. The fraction of sp³-hybridized carbons (Fsp3) is 0.611. The van der Waals surface area contributed by atoms with E-state index in [1.54, 1.807) is 18.0 Å². The average Bonchev–Trinajstić information content (AvgIpc) is 2.98. The summed E-state index contributed by atoms with van der Waals surface area (Å²) < 4.78 is 6.59. The minimum Gasteiger partial charge on any atom is -0.383 e. The number of rotatable bonds is 5. The number of methoxy groups -OCH3 is 1. The number of carbonyl (C=O) groups excluding carboxylic acids is 1. The third-order valence-electron chi connectivity index (χ3n) is 5.09. The molecule has 2 heterocycles. The lowest BCUT2D eigenvalue weighted by molar-refractivity contribution is 0.0700. The molecule has 0 bridgehead atoms. The van der Waals surface area contributed by atoms with Gasteiger partial charge in [0, 0.05) is 20.2 Å². The molecule has 0 aromatic carbocycles. The first-order chi connectivity index (χ1) is 12.0. The van der Waals surface area contributed by atoms with Gasteiger partial charge in [-0.25, -0.2) is 4.98 Å². The van der Waals surface area contributed by atoms with Crippen molar-refractivity contribution in [1.29, 1.82) is 0 Å². The summed E-state index contributed by atoms with van der Waals surface area (Å²) >= 11 is 1.32. The van der Waals surface area contributed by atoms with Crippen LogP contribution in [0.4, 0.5) is 0 Å². The summed E-state index contributed by atoms with van der Waals surface area (Å²) in [4.78, 5) is 33.2. The number of thiophene rings is 1. The van der Waals surface area contributed by atoms with Gasteiger partial charge in [0.05, 0.1) is 29.7 Å². The van der Waals surface area contributed by atoms with E-state index >= 15 is 0 Å². The van der Waals surface area contributed by atoms with Crippen molar-refractivity contribution in [2.75, 3.05) is 20.8 Å². The fourth-order valence-corrected chi connectivity index (χ4v) is 4.63. The first-order valence-electron chi connectivity index (χ1n) is 8.79. The van der Waals surface area contributed by atoms with Crippen molar-refractivity contribution in [3.05, 3.63) is 27.1 Å². The van der Waals surface area contributed by atoms with Gasteiger partial charge in [0.15, 0.2) is 0 Å². The molecule has 7 heteroatoms. The van der Waals surface area contributed by atoms with Gasteiger partial charge in [-0.15, -0.1) is 11.3 Å². The van der Waals surface area contributed by atoms with Crippen LogP contribution in [-0.2, 0) is 11.3 Å². The maximum Gasteiger partial charge on any atom is 0.264 e. The number of carbonyl (C=O) groups is 1. The highest BCUT2D eigenvalue weighted by molar-refractivity contribution is 7.20. The van der Waals surface area contributed by atoms with Crippen molar-refractivity contribution in [3.8, 4) is 0 Å². The largest absolute Gasteiger partial charge is 0.383 e. The summed E-state index contributed by atoms with van der Waals surface area (Å²) in [5, 5.41) is 0.559. The van der Waals surface area contributed by atoms with Crippen LogP contribution in [0.15, 0.2) is 11.1 Å². The number of amides is 1. The number of fused-ring (bicyclic) bond motifs is 1. The Labute approximate surface area is 151 Å². The number of aryl methyl sites for hydroxylation is 1. The summed E-state index contributed by atoms with van der Waals surface area (Å²) in [6, 6.07) is 0.303. The van der Waals surface area contributed by atoms with Crippen LogP contribution in [0.2, 0.25) is 0 Å². The summed E-state index contributed by atoms with van der Waals surface area (Å²) in [5.74, 6) is 0.00948. The van der Waals surface area contributed by atoms with Crippen LogP contribution in [0, 0.1) is 6.92 Å². The molecule has 25 heavy (non-hydrogen) atoms.